The van der Waals surface area contributed by atoms with Crippen molar-refractivity contribution in [3.05, 3.63) is 59.2 Å². The highest BCUT2D eigenvalue weighted by atomic mass is 16.5. The van der Waals surface area contributed by atoms with Crippen LogP contribution in [0.2, 0.25) is 0 Å². The number of ether oxygens (including phenoxy) is 2. The molecule has 2 aromatic rings. The Morgan fingerprint density at radius 3 is 2.09 bits per heavy atom. The zero-order chi connectivity index (χ0) is 15.9. The summed E-state index contributed by atoms with van der Waals surface area (Å²) in [6.07, 6.45) is 8.11. The van der Waals surface area contributed by atoms with E-state index in [4.69, 9.17) is 15.2 Å². The van der Waals surface area contributed by atoms with Crippen LogP contribution in [-0.4, -0.2) is 14.2 Å². The minimum absolute atomic E-state index is 0.630. The van der Waals surface area contributed by atoms with Crippen molar-refractivity contribution >= 4 is 23.9 Å². The molecule has 2 rings (SSSR count). The van der Waals surface area contributed by atoms with E-state index in [0.717, 1.165) is 22.4 Å². The van der Waals surface area contributed by atoms with Gasteiger partial charge in [0.2, 0.25) is 0 Å². The van der Waals surface area contributed by atoms with E-state index in [-0.39, 0.29) is 0 Å². The summed E-state index contributed by atoms with van der Waals surface area (Å²) in [5.41, 5.74) is 9.75. The predicted octanol–water partition coefficient (Wildman–Crippen LogP) is 4.49. The Hall–Kier alpha value is -2.68. The van der Waals surface area contributed by atoms with E-state index in [0.29, 0.717) is 11.4 Å². The van der Waals surface area contributed by atoms with Crippen molar-refractivity contribution in [3.8, 4) is 11.5 Å². The minimum Gasteiger partial charge on any atom is -0.497 e. The van der Waals surface area contributed by atoms with Crippen molar-refractivity contribution in [3.63, 3.8) is 0 Å². The number of anilines is 1. The van der Waals surface area contributed by atoms with E-state index in [1.807, 2.05) is 61.6 Å². The molecule has 114 valence electrons. The standard InChI is InChI=1S/C19H21NO2/c1-4-5-15-10-16(12-17(11-15)21-2)7-6-14-8-9-19(22-3)18(20)13-14/h4-13H,20H2,1-3H3/b5-4+,7-6-. The molecule has 0 radical (unpaired) electrons. The van der Waals surface area contributed by atoms with E-state index < -0.39 is 0 Å². The van der Waals surface area contributed by atoms with Gasteiger partial charge in [0.25, 0.3) is 0 Å². The molecule has 0 amide bonds. The van der Waals surface area contributed by atoms with Gasteiger partial charge in [-0.3, -0.25) is 0 Å². The smallest absolute Gasteiger partial charge is 0.141 e. The molecule has 0 heterocycles. The molecule has 2 aromatic carbocycles. The van der Waals surface area contributed by atoms with Gasteiger partial charge in [0.15, 0.2) is 0 Å². The molecular formula is C19H21NO2. The lowest BCUT2D eigenvalue weighted by Gasteiger charge is -2.05. The van der Waals surface area contributed by atoms with Crippen molar-refractivity contribution < 1.29 is 9.47 Å². The van der Waals surface area contributed by atoms with Gasteiger partial charge < -0.3 is 15.2 Å². The lowest BCUT2D eigenvalue weighted by Crippen LogP contribution is -1.92. The van der Waals surface area contributed by atoms with Gasteiger partial charge in [-0.25, -0.2) is 0 Å². The van der Waals surface area contributed by atoms with Gasteiger partial charge in [-0.15, -0.1) is 0 Å². The van der Waals surface area contributed by atoms with Crippen LogP contribution < -0.4 is 15.2 Å². The molecule has 0 unspecified atom stereocenters. The molecule has 0 aliphatic carbocycles. The third-order valence-corrected chi connectivity index (χ3v) is 3.27. The molecule has 0 saturated carbocycles. The first-order valence-electron chi connectivity index (χ1n) is 7.09. The van der Waals surface area contributed by atoms with Gasteiger partial charge in [-0.2, -0.15) is 0 Å². The molecule has 0 spiro atoms. The fourth-order valence-corrected chi connectivity index (χ4v) is 2.20. The Morgan fingerprint density at radius 1 is 0.818 bits per heavy atom. The first-order chi connectivity index (χ1) is 10.7. The maximum absolute atomic E-state index is 5.92. The fourth-order valence-electron chi connectivity index (χ4n) is 2.20. The van der Waals surface area contributed by atoms with Gasteiger partial charge in [0.1, 0.15) is 11.5 Å². The molecule has 0 saturated heterocycles. The number of hydrogen-bond donors (Lipinski definition) is 1. The third-order valence-electron chi connectivity index (χ3n) is 3.27. The van der Waals surface area contributed by atoms with Crippen LogP contribution in [-0.2, 0) is 0 Å². The minimum atomic E-state index is 0.630. The summed E-state index contributed by atoms with van der Waals surface area (Å²) in [5, 5.41) is 0. The molecular weight excluding hydrogens is 274 g/mol. The normalized spacial score (nSPS) is 11.2. The van der Waals surface area contributed by atoms with Gasteiger partial charge in [0, 0.05) is 0 Å². The Morgan fingerprint density at radius 2 is 1.50 bits per heavy atom. The number of nitrogen functional groups attached to an aromatic ring is 1. The summed E-state index contributed by atoms with van der Waals surface area (Å²) in [6.45, 7) is 2.00. The number of methoxy groups -OCH3 is 2. The van der Waals surface area contributed by atoms with Crippen LogP contribution in [0.1, 0.15) is 23.6 Å². The van der Waals surface area contributed by atoms with Crippen LogP contribution in [0.5, 0.6) is 11.5 Å². The Labute approximate surface area is 131 Å². The fraction of sp³-hybridized carbons (Fsp3) is 0.158. The number of hydrogen-bond acceptors (Lipinski definition) is 3. The van der Waals surface area contributed by atoms with E-state index in [1.54, 1.807) is 14.2 Å². The highest BCUT2D eigenvalue weighted by Gasteiger charge is 2.00. The number of allylic oxidation sites excluding steroid dienone is 1. The second-order valence-electron chi connectivity index (χ2n) is 4.87. The first kappa shape index (κ1) is 15.7. The molecule has 0 atom stereocenters. The predicted molar refractivity (Wildman–Crippen MR) is 94.0 cm³/mol. The topological polar surface area (TPSA) is 44.5 Å². The summed E-state index contributed by atoms with van der Waals surface area (Å²) in [5.74, 6) is 1.53. The number of benzene rings is 2. The monoisotopic (exact) mass is 295 g/mol. The zero-order valence-corrected chi connectivity index (χ0v) is 13.2. The van der Waals surface area contributed by atoms with E-state index in [2.05, 4.69) is 6.07 Å². The van der Waals surface area contributed by atoms with Crippen LogP contribution in [0.3, 0.4) is 0 Å². The highest BCUT2D eigenvalue weighted by molar-refractivity contribution is 5.74. The lowest BCUT2D eigenvalue weighted by molar-refractivity contribution is 0.414. The zero-order valence-electron chi connectivity index (χ0n) is 13.2. The maximum atomic E-state index is 5.92. The molecule has 0 fully saturated rings. The summed E-state index contributed by atoms with van der Waals surface area (Å²) in [4.78, 5) is 0. The van der Waals surface area contributed by atoms with Crippen molar-refractivity contribution in [2.75, 3.05) is 20.0 Å². The van der Waals surface area contributed by atoms with E-state index in [9.17, 15) is 0 Å². The van der Waals surface area contributed by atoms with Gasteiger partial charge in [-0.1, -0.05) is 30.4 Å². The van der Waals surface area contributed by atoms with E-state index >= 15 is 0 Å². The Balaban J connectivity index is 2.29. The van der Waals surface area contributed by atoms with Crippen molar-refractivity contribution in [2.45, 2.75) is 6.92 Å². The largest absolute Gasteiger partial charge is 0.497 e. The summed E-state index contributed by atoms with van der Waals surface area (Å²) < 4.78 is 10.5. The summed E-state index contributed by atoms with van der Waals surface area (Å²) in [7, 11) is 3.28. The third kappa shape index (κ3) is 3.92. The van der Waals surface area contributed by atoms with Crippen molar-refractivity contribution in [2.24, 2.45) is 0 Å². The second kappa shape index (κ2) is 7.36. The van der Waals surface area contributed by atoms with Crippen LogP contribution >= 0.6 is 0 Å². The Bertz CT molecular complexity index is 703. The highest BCUT2D eigenvalue weighted by Crippen LogP contribution is 2.24. The van der Waals surface area contributed by atoms with Crippen LogP contribution in [0.4, 0.5) is 5.69 Å². The van der Waals surface area contributed by atoms with Crippen molar-refractivity contribution in [1.29, 1.82) is 0 Å². The number of nitrogens with two attached hydrogens (primary N) is 1. The SMILES string of the molecule is C/C=C/c1cc(/C=C\c2ccc(OC)c(N)c2)cc(OC)c1. The van der Waals surface area contributed by atoms with Gasteiger partial charge in [-0.05, 0) is 53.9 Å². The molecule has 22 heavy (non-hydrogen) atoms. The Kier molecular flexibility index (Phi) is 5.26. The molecule has 0 aliphatic heterocycles. The molecule has 2 N–H and O–H groups in total. The van der Waals surface area contributed by atoms with Gasteiger partial charge in [0.05, 0.1) is 19.9 Å². The quantitative estimate of drug-likeness (QED) is 0.653. The van der Waals surface area contributed by atoms with Crippen LogP contribution in [0.25, 0.3) is 18.2 Å². The second-order valence-corrected chi connectivity index (χ2v) is 4.87. The van der Waals surface area contributed by atoms with E-state index in [1.165, 1.54) is 0 Å². The average molecular weight is 295 g/mol. The lowest BCUT2D eigenvalue weighted by atomic mass is 10.1. The molecule has 0 aliphatic rings. The summed E-state index contributed by atoms with van der Waals surface area (Å²) in [6, 6.07) is 11.8. The summed E-state index contributed by atoms with van der Waals surface area (Å²) >= 11 is 0. The molecule has 3 heteroatoms. The molecule has 0 bridgehead atoms. The van der Waals surface area contributed by atoms with Crippen LogP contribution in [0.15, 0.2) is 42.5 Å². The maximum Gasteiger partial charge on any atom is 0.141 e. The average Bonchev–Trinajstić information content (AvgIpc) is 2.53. The number of rotatable bonds is 5. The van der Waals surface area contributed by atoms with Crippen molar-refractivity contribution in [1.82, 2.24) is 0 Å². The van der Waals surface area contributed by atoms with Crippen LogP contribution in [0, 0.1) is 0 Å². The first-order valence-corrected chi connectivity index (χ1v) is 7.09. The molecule has 3 nitrogen and oxygen atoms in total. The molecule has 0 aromatic heterocycles. The van der Waals surface area contributed by atoms with Gasteiger partial charge >= 0.3 is 0 Å².